The largest absolute Gasteiger partial charge is 0.494 e. The minimum atomic E-state index is 0.271. The summed E-state index contributed by atoms with van der Waals surface area (Å²) in [5, 5.41) is 1.28. The van der Waals surface area contributed by atoms with Crippen LogP contribution in [0.4, 0.5) is 11.5 Å². The number of aromatic nitrogens is 1. The molecule has 1 amide bonds. The molecule has 0 N–H and O–H groups in total. The first kappa shape index (κ1) is 21.9. The maximum absolute atomic E-state index is 12.3. The van der Waals surface area contributed by atoms with E-state index in [1.165, 1.54) is 26.9 Å². The third-order valence-electron chi connectivity index (χ3n) is 7.55. The molecule has 3 aliphatic rings. The van der Waals surface area contributed by atoms with Gasteiger partial charge < -0.3 is 14.5 Å². The summed E-state index contributed by atoms with van der Waals surface area (Å²) in [5.41, 5.74) is 3.73. The third-order valence-corrected chi connectivity index (χ3v) is 8.36. The monoisotopic (exact) mass is 476 g/mol. The van der Waals surface area contributed by atoms with Gasteiger partial charge >= 0.3 is 0 Å². The zero-order valence-electron chi connectivity index (χ0n) is 19.8. The molecule has 1 aromatic heterocycles. The normalized spacial score (nSPS) is 20.3. The highest BCUT2D eigenvalue weighted by Crippen LogP contribution is 2.44. The van der Waals surface area contributed by atoms with E-state index in [1.807, 2.05) is 4.90 Å². The third kappa shape index (κ3) is 4.05. The molecule has 6 rings (SSSR count). The Labute approximate surface area is 205 Å². The summed E-state index contributed by atoms with van der Waals surface area (Å²) in [6.07, 6.45) is 3.77. The Hall–Kier alpha value is -2.64. The summed E-state index contributed by atoms with van der Waals surface area (Å²) < 4.78 is 12.2. The van der Waals surface area contributed by atoms with E-state index in [1.54, 1.807) is 11.5 Å². The fourth-order valence-corrected chi connectivity index (χ4v) is 6.45. The molecular weight excluding hydrogens is 444 g/mol. The van der Waals surface area contributed by atoms with Gasteiger partial charge in [-0.25, -0.2) is 0 Å². The second kappa shape index (κ2) is 9.19. The molecule has 6 nitrogen and oxygen atoms in total. The quantitative estimate of drug-likeness (QED) is 0.464. The average Bonchev–Trinajstić information content (AvgIpc) is 3.48. The highest BCUT2D eigenvalue weighted by atomic mass is 32.1. The molecule has 7 heteroatoms. The van der Waals surface area contributed by atoms with E-state index in [-0.39, 0.29) is 11.8 Å². The number of fused-ring (bicyclic) bond motifs is 1. The molecule has 0 saturated carbocycles. The second-order valence-corrected chi connectivity index (χ2v) is 10.6. The number of carbonyl (C=O) groups is 1. The first-order valence-electron chi connectivity index (χ1n) is 12.6. The second-order valence-electron chi connectivity index (χ2n) is 9.81. The number of benzene rings is 2. The number of piperazine rings is 1. The molecule has 1 fully saturated rings. The highest BCUT2D eigenvalue weighted by molar-refractivity contribution is 7.13. The molecule has 2 aromatic carbocycles. The Bertz CT molecular complexity index is 1200. The van der Waals surface area contributed by atoms with E-state index in [2.05, 4.69) is 53.1 Å². The van der Waals surface area contributed by atoms with Gasteiger partial charge in [0.25, 0.3) is 0 Å². The summed E-state index contributed by atoms with van der Waals surface area (Å²) in [6.45, 7) is 9.12. The van der Waals surface area contributed by atoms with Gasteiger partial charge in [-0.2, -0.15) is 4.37 Å². The van der Waals surface area contributed by atoms with Crippen LogP contribution in [0.1, 0.15) is 43.2 Å². The molecule has 34 heavy (non-hydrogen) atoms. The first-order chi connectivity index (χ1) is 16.7. The van der Waals surface area contributed by atoms with Crippen LogP contribution >= 0.6 is 11.5 Å². The van der Waals surface area contributed by atoms with Crippen LogP contribution in [0, 0.1) is 0 Å². The Morgan fingerprint density at radius 3 is 2.82 bits per heavy atom. The fourth-order valence-electron chi connectivity index (χ4n) is 5.65. The number of nitrogens with zero attached hydrogens (tertiary/aromatic N) is 4. The van der Waals surface area contributed by atoms with Crippen molar-refractivity contribution in [3.05, 3.63) is 47.5 Å². The van der Waals surface area contributed by atoms with E-state index < -0.39 is 0 Å². The van der Waals surface area contributed by atoms with Crippen LogP contribution < -0.4 is 14.5 Å². The number of carbonyl (C=O) groups excluding carboxylic acids is 1. The van der Waals surface area contributed by atoms with Crippen LogP contribution in [0.2, 0.25) is 0 Å². The molecule has 0 bridgehead atoms. The van der Waals surface area contributed by atoms with Gasteiger partial charge in [0.1, 0.15) is 11.6 Å². The molecule has 3 aromatic rings. The van der Waals surface area contributed by atoms with E-state index >= 15 is 0 Å². The first-order valence-corrected chi connectivity index (χ1v) is 13.4. The van der Waals surface area contributed by atoms with Crippen molar-refractivity contribution in [2.24, 2.45) is 0 Å². The van der Waals surface area contributed by atoms with Crippen LogP contribution in [0.5, 0.6) is 5.75 Å². The average molecular weight is 477 g/mol. The van der Waals surface area contributed by atoms with E-state index in [9.17, 15) is 4.79 Å². The summed E-state index contributed by atoms with van der Waals surface area (Å²) in [6, 6.07) is 12.9. The van der Waals surface area contributed by atoms with Crippen molar-refractivity contribution in [2.45, 2.75) is 38.5 Å². The van der Waals surface area contributed by atoms with Gasteiger partial charge in [-0.05, 0) is 78.6 Å². The lowest BCUT2D eigenvalue weighted by Crippen LogP contribution is -2.46. The van der Waals surface area contributed by atoms with Crippen molar-refractivity contribution in [3.63, 3.8) is 0 Å². The number of hydrogen-bond donors (Lipinski definition) is 0. The minimum absolute atomic E-state index is 0.271. The van der Waals surface area contributed by atoms with Gasteiger partial charge in [0, 0.05) is 44.5 Å². The molecule has 0 aliphatic carbocycles. The van der Waals surface area contributed by atoms with Gasteiger partial charge in [0.05, 0.1) is 17.0 Å². The van der Waals surface area contributed by atoms with Crippen LogP contribution in [0.3, 0.4) is 0 Å². The molecule has 3 aliphatic heterocycles. The smallest absolute Gasteiger partial charge is 0.227 e. The van der Waals surface area contributed by atoms with Crippen molar-refractivity contribution in [3.8, 4) is 5.75 Å². The number of amides is 1. The lowest BCUT2D eigenvalue weighted by molar-refractivity contribution is -0.119. The molecule has 178 valence electrons. The zero-order valence-corrected chi connectivity index (χ0v) is 20.6. The fraction of sp³-hybridized carbons (Fsp3) is 0.481. The van der Waals surface area contributed by atoms with Crippen molar-refractivity contribution >= 4 is 39.0 Å². The molecule has 1 unspecified atom stereocenters. The molecular formula is C27H32N4O2S. The van der Waals surface area contributed by atoms with Gasteiger partial charge in [-0.1, -0.05) is 19.1 Å². The molecule has 4 heterocycles. The van der Waals surface area contributed by atoms with Gasteiger partial charge in [-0.15, -0.1) is 0 Å². The van der Waals surface area contributed by atoms with Crippen LogP contribution in [-0.2, 0) is 11.2 Å². The van der Waals surface area contributed by atoms with Gasteiger partial charge in [0.15, 0.2) is 0 Å². The number of hydrogen-bond acceptors (Lipinski definition) is 6. The lowest BCUT2D eigenvalue weighted by Gasteiger charge is -2.35. The van der Waals surface area contributed by atoms with Gasteiger partial charge in [0.2, 0.25) is 5.91 Å². The van der Waals surface area contributed by atoms with Crippen LogP contribution in [0.25, 0.3) is 10.1 Å². The lowest BCUT2D eigenvalue weighted by atomic mass is 9.90. The summed E-state index contributed by atoms with van der Waals surface area (Å²) >= 11 is 1.60. The van der Waals surface area contributed by atoms with E-state index in [0.717, 1.165) is 76.7 Å². The molecule has 0 radical (unpaired) electrons. The van der Waals surface area contributed by atoms with Crippen LogP contribution in [-0.4, -0.2) is 61.1 Å². The van der Waals surface area contributed by atoms with Crippen molar-refractivity contribution < 1.29 is 9.53 Å². The Morgan fingerprint density at radius 2 is 1.94 bits per heavy atom. The zero-order chi connectivity index (χ0) is 23.1. The Morgan fingerprint density at radius 1 is 1.09 bits per heavy atom. The topological polar surface area (TPSA) is 48.9 Å². The highest BCUT2D eigenvalue weighted by Gasteiger charge is 2.35. The van der Waals surface area contributed by atoms with E-state index in [0.29, 0.717) is 6.42 Å². The summed E-state index contributed by atoms with van der Waals surface area (Å²) in [4.78, 5) is 19.3. The number of ether oxygens (including phenoxy) is 1. The Kier molecular flexibility index (Phi) is 5.91. The summed E-state index contributed by atoms with van der Waals surface area (Å²) in [7, 11) is 0. The number of rotatable bonds is 7. The van der Waals surface area contributed by atoms with Crippen molar-refractivity contribution in [1.82, 2.24) is 9.27 Å². The van der Waals surface area contributed by atoms with E-state index in [4.69, 9.17) is 9.11 Å². The van der Waals surface area contributed by atoms with Crippen molar-refractivity contribution in [1.29, 1.82) is 0 Å². The maximum atomic E-state index is 12.3. The van der Waals surface area contributed by atoms with Crippen LogP contribution in [0.15, 0.2) is 36.4 Å². The van der Waals surface area contributed by atoms with Crippen molar-refractivity contribution in [2.75, 3.05) is 55.7 Å². The number of anilines is 2. The maximum Gasteiger partial charge on any atom is 0.227 e. The molecule has 1 saturated heterocycles. The predicted octanol–water partition coefficient (Wildman–Crippen LogP) is 4.67. The Balaban J connectivity index is 0.964. The standard InChI is InChI=1S/C27H32N4O2S/c1-19-16-25(32)31-10-8-20-17-21(18-23(19)26(20)31)33-15-5-4-9-29-11-13-30(14-12-29)27-22-6-2-3-7-24(22)34-28-27/h2-3,6-7,17-19H,4-5,8-16H2,1H3. The molecule has 0 spiro atoms. The molecule has 1 atom stereocenters. The predicted molar refractivity (Wildman–Crippen MR) is 139 cm³/mol. The SMILES string of the molecule is CC1CC(=O)N2CCc3cc(OCCCCN4CCN(c5nsc6ccccc56)CC4)cc1c32. The van der Waals surface area contributed by atoms with Gasteiger partial charge in [-0.3, -0.25) is 9.69 Å². The summed E-state index contributed by atoms with van der Waals surface area (Å²) in [5.74, 6) is 2.68. The minimum Gasteiger partial charge on any atom is -0.494 e. The number of unbranched alkanes of at least 4 members (excludes halogenated alkanes) is 1.